The molecule has 0 radical (unpaired) electrons. The van der Waals surface area contributed by atoms with Gasteiger partial charge >= 0.3 is 6.09 Å². The van der Waals surface area contributed by atoms with Crippen LogP contribution in [0.4, 0.5) is 4.79 Å². The molecule has 0 aliphatic carbocycles. The molecule has 3 heterocycles. The molecule has 1 aliphatic heterocycles. The number of pyridine rings is 1. The third-order valence-electron chi connectivity index (χ3n) is 4.55. The van der Waals surface area contributed by atoms with Crippen molar-refractivity contribution in [3.05, 3.63) is 36.2 Å². The highest BCUT2D eigenvalue weighted by atomic mass is 16.6. The van der Waals surface area contributed by atoms with E-state index in [9.17, 15) is 4.79 Å². The molecule has 3 rings (SSSR count). The maximum Gasteiger partial charge on any atom is 0.410 e. The van der Waals surface area contributed by atoms with E-state index < -0.39 is 5.60 Å². The number of rotatable bonds is 4. The molecule has 0 bridgehead atoms. The summed E-state index contributed by atoms with van der Waals surface area (Å²) in [5.41, 5.74) is 1.32. The summed E-state index contributed by atoms with van der Waals surface area (Å²) in [4.78, 5) is 18.2. The first-order valence-corrected chi connectivity index (χ1v) is 9.25. The number of aryl methyl sites for hydroxylation is 1. The maximum atomic E-state index is 12.1. The first-order valence-electron chi connectivity index (χ1n) is 9.25. The fourth-order valence-electron chi connectivity index (χ4n) is 3.14. The van der Waals surface area contributed by atoms with Crippen molar-refractivity contribution >= 4 is 6.09 Å². The highest BCUT2D eigenvalue weighted by Gasteiger charge is 2.26. The van der Waals surface area contributed by atoms with E-state index in [4.69, 9.17) is 9.26 Å². The monoisotopic (exact) mass is 357 g/mol. The normalized spacial score (nSPS) is 15.9. The third-order valence-corrected chi connectivity index (χ3v) is 4.55. The minimum absolute atomic E-state index is 0.201. The van der Waals surface area contributed by atoms with Gasteiger partial charge in [0.15, 0.2) is 5.76 Å². The number of ether oxygens (including phenoxy) is 1. The second-order valence-electron chi connectivity index (χ2n) is 7.85. The number of hydrogen-bond donors (Lipinski definition) is 0. The van der Waals surface area contributed by atoms with Crippen LogP contribution in [0.3, 0.4) is 0 Å². The smallest absolute Gasteiger partial charge is 0.410 e. The van der Waals surface area contributed by atoms with Crippen LogP contribution in [0.1, 0.15) is 45.7 Å². The second-order valence-corrected chi connectivity index (χ2v) is 7.85. The second kappa shape index (κ2) is 7.89. The van der Waals surface area contributed by atoms with Crippen molar-refractivity contribution in [1.82, 2.24) is 15.0 Å². The maximum absolute atomic E-state index is 12.1. The van der Waals surface area contributed by atoms with E-state index in [2.05, 4.69) is 10.1 Å². The molecule has 6 heteroatoms. The van der Waals surface area contributed by atoms with Crippen LogP contribution in [0.2, 0.25) is 0 Å². The summed E-state index contributed by atoms with van der Waals surface area (Å²) < 4.78 is 10.8. The Labute approximate surface area is 154 Å². The Morgan fingerprint density at radius 2 is 2.08 bits per heavy atom. The lowest BCUT2D eigenvalue weighted by molar-refractivity contribution is 0.0181. The van der Waals surface area contributed by atoms with E-state index >= 15 is 0 Å². The average molecular weight is 357 g/mol. The molecule has 1 aliphatic rings. The number of carbonyl (C=O) groups is 1. The van der Waals surface area contributed by atoms with E-state index in [1.54, 1.807) is 6.20 Å². The first-order chi connectivity index (χ1) is 12.4. The van der Waals surface area contributed by atoms with Crippen LogP contribution in [0, 0.1) is 5.92 Å². The van der Waals surface area contributed by atoms with Crippen molar-refractivity contribution in [3.8, 4) is 11.5 Å². The van der Waals surface area contributed by atoms with Gasteiger partial charge in [0.2, 0.25) is 0 Å². The Morgan fingerprint density at radius 3 is 2.73 bits per heavy atom. The zero-order valence-corrected chi connectivity index (χ0v) is 15.8. The fraction of sp³-hybridized carbons (Fsp3) is 0.550. The Kier molecular flexibility index (Phi) is 5.59. The quantitative estimate of drug-likeness (QED) is 0.815. The van der Waals surface area contributed by atoms with Gasteiger partial charge in [-0.2, -0.15) is 0 Å². The molecule has 0 unspecified atom stereocenters. The van der Waals surface area contributed by atoms with E-state index in [1.165, 1.54) is 0 Å². The molecule has 0 N–H and O–H groups in total. The standard InChI is InChI=1S/C20H27N3O3/c1-20(2,3)25-19(24)23-12-9-15(10-13-23)7-8-16-14-18(26-22-16)17-6-4-5-11-21-17/h4-6,11,14-15H,7-10,12-13H2,1-3H3. The van der Waals surface area contributed by atoms with Crippen LogP contribution in [0.5, 0.6) is 0 Å². The number of likely N-dealkylation sites (tertiary alicyclic amines) is 1. The molecule has 140 valence electrons. The lowest BCUT2D eigenvalue weighted by Gasteiger charge is -2.33. The predicted molar refractivity (Wildman–Crippen MR) is 98.6 cm³/mol. The molecule has 6 nitrogen and oxygen atoms in total. The molecule has 1 saturated heterocycles. The Balaban J connectivity index is 1.44. The summed E-state index contributed by atoms with van der Waals surface area (Å²) in [7, 11) is 0. The van der Waals surface area contributed by atoms with Gasteiger partial charge < -0.3 is 14.2 Å². The molecule has 2 aromatic heterocycles. The largest absolute Gasteiger partial charge is 0.444 e. The predicted octanol–water partition coefficient (Wildman–Crippen LogP) is 4.32. The summed E-state index contributed by atoms with van der Waals surface area (Å²) in [5.74, 6) is 1.31. The number of piperidine rings is 1. The van der Waals surface area contributed by atoms with Crippen molar-refractivity contribution in [3.63, 3.8) is 0 Å². The first kappa shape index (κ1) is 18.4. The fourth-order valence-corrected chi connectivity index (χ4v) is 3.14. The Bertz CT molecular complexity index is 713. The van der Waals surface area contributed by atoms with Gasteiger partial charge in [-0.05, 0) is 64.5 Å². The van der Waals surface area contributed by atoms with Gasteiger partial charge in [-0.3, -0.25) is 4.98 Å². The summed E-state index contributed by atoms with van der Waals surface area (Å²) in [6.07, 6.45) is 5.49. The number of aromatic nitrogens is 2. The van der Waals surface area contributed by atoms with Crippen LogP contribution in [-0.2, 0) is 11.2 Å². The summed E-state index contributed by atoms with van der Waals surface area (Å²) in [6, 6.07) is 7.70. The van der Waals surface area contributed by atoms with Crippen molar-refractivity contribution in [1.29, 1.82) is 0 Å². The van der Waals surface area contributed by atoms with Gasteiger partial charge in [-0.25, -0.2) is 4.79 Å². The van der Waals surface area contributed by atoms with E-state index in [0.29, 0.717) is 11.7 Å². The third kappa shape index (κ3) is 5.07. The number of nitrogens with zero attached hydrogens (tertiary/aromatic N) is 3. The summed E-state index contributed by atoms with van der Waals surface area (Å²) >= 11 is 0. The number of hydrogen-bond acceptors (Lipinski definition) is 5. The topological polar surface area (TPSA) is 68.5 Å². The van der Waals surface area contributed by atoms with Crippen molar-refractivity contribution in [2.75, 3.05) is 13.1 Å². The van der Waals surface area contributed by atoms with Gasteiger partial charge in [-0.1, -0.05) is 11.2 Å². The van der Waals surface area contributed by atoms with Crippen LogP contribution in [0.25, 0.3) is 11.5 Å². The SMILES string of the molecule is CC(C)(C)OC(=O)N1CCC(CCc2cc(-c3ccccn3)on2)CC1. The van der Waals surface area contributed by atoms with E-state index in [-0.39, 0.29) is 6.09 Å². The zero-order chi connectivity index (χ0) is 18.6. The molecule has 1 fully saturated rings. The minimum atomic E-state index is -0.438. The molecule has 0 aromatic carbocycles. The van der Waals surface area contributed by atoms with Gasteiger partial charge in [0, 0.05) is 25.4 Å². The highest BCUT2D eigenvalue weighted by molar-refractivity contribution is 5.68. The van der Waals surface area contributed by atoms with E-state index in [0.717, 1.165) is 50.2 Å². The van der Waals surface area contributed by atoms with Crippen molar-refractivity contribution < 1.29 is 14.1 Å². The highest BCUT2D eigenvalue weighted by Crippen LogP contribution is 2.25. The number of amides is 1. The molecule has 0 spiro atoms. The molecule has 1 amide bonds. The van der Waals surface area contributed by atoms with Gasteiger partial charge in [0.25, 0.3) is 0 Å². The van der Waals surface area contributed by atoms with Gasteiger partial charge in [0.05, 0.1) is 5.69 Å². The van der Waals surface area contributed by atoms with Crippen molar-refractivity contribution in [2.45, 2.75) is 52.1 Å². The summed E-state index contributed by atoms with van der Waals surface area (Å²) in [6.45, 7) is 7.22. The molecule has 0 saturated carbocycles. The molecule has 2 aromatic rings. The number of carbonyl (C=O) groups excluding carboxylic acids is 1. The minimum Gasteiger partial charge on any atom is -0.444 e. The summed E-state index contributed by atoms with van der Waals surface area (Å²) in [5, 5.41) is 4.16. The lowest BCUT2D eigenvalue weighted by Crippen LogP contribution is -2.41. The van der Waals surface area contributed by atoms with Crippen LogP contribution in [-0.4, -0.2) is 39.8 Å². The molecular weight excluding hydrogens is 330 g/mol. The van der Waals surface area contributed by atoms with Gasteiger partial charge in [-0.15, -0.1) is 0 Å². The van der Waals surface area contributed by atoms with Gasteiger partial charge in [0.1, 0.15) is 11.3 Å². The average Bonchev–Trinajstić information content (AvgIpc) is 3.09. The van der Waals surface area contributed by atoms with Crippen LogP contribution in [0.15, 0.2) is 35.0 Å². The lowest BCUT2D eigenvalue weighted by atomic mass is 9.91. The Morgan fingerprint density at radius 1 is 1.31 bits per heavy atom. The Hall–Kier alpha value is -2.37. The van der Waals surface area contributed by atoms with Crippen molar-refractivity contribution in [2.24, 2.45) is 5.92 Å². The zero-order valence-electron chi connectivity index (χ0n) is 15.8. The molecule has 26 heavy (non-hydrogen) atoms. The molecule has 0 atom stereocenters. The molecular formula is C20H27N3O3. The van der Waals surface area contributed by atoms with E-state index in [1.807, 2.05) is 49.9 Å². The van der Waals surface area contributed by atoms with Crippen LogP contribution < -0.4 is 0 Å². The van der Waals surface area contributed by atoms with Crippen LogP contribution >= 0.6 is 0 Å².